The van der Waals surface area contributed by atoms with Crippen molar-refractivity contribution in [1.82, 2.24) is 9.80 Å². The van der Waals surface area contributed by atoms with E-state index in [9.17, 15) is 9.59 Å². The molecule has 2 amide bonds. The summed E-state index contributed by atoms with van der Waals surface area (Å²) in [4.78, 5) is 27.1. The number of carbonyl (C=O) groups is 2. The number of carbonyl (C=O) groups excluding carboxylic acids is 1. The molecule has 2 aliphatic rings. The highest BCUT2D eigenvalue weighted by Crippen LogP contribution is 2.27. The van der Waals surface area contributed by atoms with Gasteiger partial charge in [0.15, 0.2) is 0 Å². The molecule has 2 aliphatic heterocycles. The molecule has 0 saturated carbocycles. The monoisotopic (exact) mass is 268 g/mol. The summed E-state index contributed by atoms with van der Waals surface area (Å²) in [5.74, 6) is -0.509. The Kier molecular flexibility index (Phi) is 4.32. The van der Waals surface area contributed by atoms with E-state index in [1.165, 1.54) is 6.42 Å². The highest BCUT2D eigenvalue weighted by atomic mass is 16.4. The van der Waals surface area contributed by atoms with Crippen LogP contribution in [0.2, 0.25) is 0 Å². The topological polar surface area (TPSA) is 60.9 Å². The van der Waals surface area contributed by atoms with E-state index in [0.29, 0.717) is 19.0 Å². The third kappa shape index (κ3) is 3.01. The Morgan fingerprint density at radius 3 is 2.53 bits per heavy atom. The van der Waals surface area contributed by atoms with Gasteiger partial charge in [-0.1, -0.05) is 20.3 Å². The maximum absolute atomic E-state index is 12.4. The predicted octanol–water partition coefficient (Wildman–Crippen LogP) is 1.88. The van der Waals surface area contributed by atoms with Gasteiger partial charge in [-0.15, -0.1) is 0 Å². The zero-order valence-electron chi connectivity index (χ0n) is 11.8. The molecule has 1 N–H and O–H groups in total. The summed E-state index contributed by atoms with van der Waals surface area (Å²) in [6.07, 6.45) is 3.43. The van der Waals surface area contributed by atoms with Crippen LogP contribution in [0.25, 0.3) is 0 Å². The van der Waals surface area contributed by atoms with Crippen molar-refractivity contribution in [3.8, 4) is 0 Å². The Morgan fingerprint density at radius 1 is 1.21 bits per heavy atom. The van der Waals surface area contributed by atoms with Gasteiger partial charge < -0.3 is 14.9 Å². The molecule has 0 aromatic heterocycles. The second kappa shape index (κ2) is 5.80. The van der Waals surface area contributed by atoms with Crippen LogP contribution in [0.4, 0.5) is 4.79 Å². The molecule has 2 fully saturated rings. The summed E-state index contributed by atoms with van der Waals surface area (Å²) in [6.45, 7) is 6.69. The molecule has 0 aromatic carbocycles. The maximum atomic E-state index is 12.4. The first-order valence-corrected chi connectivity index (χ1v) is 7.29. The first-order valence-electron chi connectivity index (χ1n) is 7.29. The number of nitrogens with zero attached hydrogens (tertiary/aromatic N) is 2. The molecule has 1 unspecified atom stereocenters. The number of urea groups is 1. The Morgan fingerprint density at radius 2 is 1.95 bits per heavy atom. The van der Waals surface area contributed by atoms with Gasteiger partial charge in [0.1, 0.15) is 0 Å². The highest BCUT2D eigenvalue weighted by Gasteiger charge is 2.39. The average Bonchev–Trinajstić information content (AvgIpc) is 2.95. The van der Waals surface area contributed by atoms with Gasteiger partial charge in [-0.3, -0.25) is 4.79 Å². The maximum Gasteiger partial charge on any atom is 0.320 e. The van der Waals surface area contributed by atoms with Crippen molar-refractivity contribution in [3.05, 3.63) is 0 Å². The number of amides is 2. The van der Waals surface area contributed by atoms with Crippen LogP contribution in [0.1, 0.15) is 33.1 Å². The van der Waals surface area contributed by atoms with Crippen molar-refractivity contribution >= 4 is 12.0 Å². The van der Waals surface area contributed by atoms with Crippen LogP contribution in [-0.4, -0.2) is 53.1 Å². The van der Waals surface area contributed by atoms with Gasteiger partial charge in [0, 0.05) is 26.2 Å². The number of aliphatic carboxylic acids is 1. The number of hydrogen-bond donors (Lipinski definition) is 1. The fourth-order valence-electron chi connectivity index (χ4n) is 3.29. The zero-order valence-corrected chi connectivity index (χ0v) is 11.8. The number of hydrogen-bond acceptors (Lipinski definition) is 2. The van der Waals surface area contributed by atoms with Gasteiger partial charge in [0.05, 0.1) is 5.92 Å². The van der Waals surface area contributed by atoms with Crippen LogP contribution < -0.4 is 0 Å². The highest BCUT2D eigenvalue weighted by molar-refractivity contribution is 5.78. The summed E-state index contributed by atoms with van der Waals surface area (Å²) in [6, 6.07) is 0.0363. The van der Waals surface area contributed by atoms with Crippen LogP contribution in [0, 0.1) is 17.8 Å². The van der Waals surface area contributed by atoms with Crippen molar-refractivity contribution < 1.29 is 14.7 Å². The van der Waals surface area contributed by atoms with Crippen LogP contribution in [0.3, 0.4) is 0 Å². The molecule has 5 heteroatoms. The van der Waals surface area contributed by atoms with E-state index < -0.39 is 11.9 Å². The summed E-state index contributed by atoms with van der Waals surface area (Å²) >= 11 is 0. The minimum absolute atomic E-state index is 0.0363. The van der Waals surface area contributed by atoms with Crippen LogP contribution in [0.15, 0.2) is 0 Å². The lowest BCUT2D eigenvalue weighted by Gasteiger charge is -2.24. The summed E-state index contributed by atoms with van der Waals surface area (Å²) in [7, 11) is 0. The molecule has 3 atom stereocenters. The number of rotatable bonds is 3. The van der Waals surface area contributed by atoms with Crippen molar-refractivity contribution in [2.24, 2.45) is 17.8 Å². The molecule has 108 valence electrons. The lowest BCUT2D eigenvalue weighted by Crippen LogP contribution is -2.41. The van der Waals surface area contributed by atoms with E-state index in [1.807, 2.05) is 11.8 Å². The molecule has 0 aliphatic carbocycles. The molecule has 2 rings (SSSR count). The molecule has 5 nitrogen and oxygen atoms in total. The molecule has 0 bridgehead atoms. The zero-order chi connectivity index (χ0) is 14.0. The Labute approximate surface area is 114 Å². The van der Waals surface area contributed by atoms with Gasteiger partial charge in [0.2, 0.25) is 0 Å². The van der Waals surface area contributed by atoms with Gasteiger partial charge in [-0.05, 0) is 24.7 Å². The lowest BCUT2D eigenvalue weighted by atomic mass is 9.99. The molecule has 0 aromatic rings. The van der Waals surface area contributed by atoms with E-state index >= 15 is 0 Å². The first-order chi connectivity index (χ1) is 9.02. The van der Waals surface area contributed by atoms with Crippen LogP contribution in [0.5, 0.6) is 0 Å². The van der Waals surface area contributed by atoms with Crippen molar-refractivity contribution in [1.29, 1.82) is 0 Å². The van der Waals surface area contributed by atoms with E-state index in [0.717, 1.165) is 25.9 Å². The minimum Gasteiger partial charge on any atom is -0.481 e. The molecule has 0 spiro atoms. The molecule has 19 heavy (non-hydrogen) atoms. The Balaban J connectivity index is 1.90. The van der Waals surface area contributed by atoms with E-state index in [-0.39, 0.29) is 11.9 Å². The number of carboxylic acid groups (broad SMARTS) is 1. The third-order valence-electron chi connectivity index (χ3n) is 4.45. The summed E-state index contributed by atoms with van der Waals surface area (Å²) in [5, 5.41) is 9.11. The quantitative estimate of drug-likeness (QED) is 0.850. The standard InChI is InChI=1S/C14H24N2O3/c1-3-4-11-5-6-15(8-11)14(19)16-7-10(2)12(9-16)13(17)18/h10-12H,3-9H2,1-2H3,(H,17,18)/t10-,11?,12-/m1/s1. The first kappa shape index (κ1) is 14.2. The van der Waals surface area contributed by atoms with Crippen molar-refractivity contribution in [3.63, 3.8) is 0 Å². The lowest BCUT2D eigenvalue weighted by molar-refractivity contribution is -0.142. The van der Waals surface area contributed by atoms with Gasteiger partial charge >= 0.3 is 12.0 Å². The van der Waals surface area contributed by atoms with Crippen molar-refractivity contribution in [2.75, 3.05) is 26.2 Å². The fourth-order valence-corrected chi connectivity index (χ4v) is 3.29. The Bertz CT molecular complexity index is 359. The average molecular weight is 268 g/mol. The Hall–Kier alpha value is -1.26. The van der Waals surface area contributed by atoms with E-state index in [4.69, 9.17) is 5.11 Å². The van der Waals surface area contributed by atoms with Gasteiger partial charge in [-0.25, -0.2) is 4.79 Å². The van der Waals surface area contributed by atoms with Crippen LogP contribution >= 0.6 is 0 Å². The van der Waals surface area contributed by atoms with Gasteiger partial charge in [0.25, 0.3) is 0 Å². The molecule has 0 radical (unpaired) electrons. The summed E-state index contributed by atoms with van der Waals surface area (Å²) in [5.41, 5.74) is 0. The smallest absolute Gasteiger partial charge is 0.320 e. The number of likely N-dealkylation sites (tertiary alicyclic amines) is 2. The summed E-state index contributed by atoms with van der Waals surface area (Å²) < 4.78 is 0. The molecule has 2 heterocycles. The molecular weight excluding hydrogens is 244 g/mol. The van der Waals surface area contributed by atoms with E-state index in [1.54, 1.807) is 4.90 Å². The largest absolute Gasteiger partial charge is 0.481 e. The fraction of sp³-hybridized carbons (Fsp3) is 0.857. The van der Waals surface area contributed by atoms with Crippen molar-refractivity contribution in [2.45, 2.75) is 33.1 Å². The second-order valence-electron chi connectivity index (χ2n) is 6.00. The second-order valence-corrected chi connectivity index (χ2v) is 6.00. The minimum atomic E-state index is -0.784. The van der Waals surface area contributed by atoms with Gasteiger partial charge in [-0.2, -0.15) is 0 Å². The third-order valence-corrected chi connectivity index (χ3v) is 4.45. The molecule has 2 saturated heterocycles. The predicted molar refractivity (Wildman–Crippen MR) is 71.8 cm³/mol. The number of carboxylic acids is 1. The van der Waals surface area contributed by atoms with Crippen LogP contribution in [-0.2, 0) is 4.79 Å². The molecular formula is C14H24N2O3. The normalized spacial score (nSPS) is 30.9. The van der Waals surface area contributed by atoms with E-state index in [2.05, 4.69) is 6.92 Å². The SMILES string of the molecule is CCCC1CCN(C(=O)N2C[C@@H](C)[C@H](C(=O)O)C2)C1.